The number of amidine groups is 1. The molecular weight excluding hydrogens is 204 g/mol. The number of rotatable bonds is 2. The van der Waals surface area contributed by atoms with Crippen LogP contribution in [0.4, 0.5) is 0 Å². The van der Waals surface area contributed by atoms with Crippen molar-refractivity contribution in [3.63, 3.8) is 0 Å². The van der Waals surface area contributed by atoms with Crippen LogP contribution >= 0.6 is 11.8 Å². The van der Waals surface area contributed by atoms with E-state index in [1.54, 1.807) is 0 Å². The van der Waals surface area contributed by atoms with Gasteiger partial charge < -0.3 is 5.73 Å². The lowest BCUT2D eigenvalue weighted by Gasteiger charge is -2.10. The first kappa shape index (κ1) is 10.3. The molecule has 0 radical (unpaired) electrons. The van der Waals surface area contributed by atoms with E-state index in [0.717, 1.165) is 5.75 Å². The minimum absolute atomic E-state index is 0.326. The zero-order valence-corrected chi connectivity index (χ0v) is 9.08. The average Bonchev–Trinajstić information content (AvgIpc) is 2.16. The number of hydrogen-bond donors (Lipinski definition) is 1. The van der Waals surface area contributed by atoms with Gasteiger partial charge in [-0.15, -0.1) is 11.8 Å². The molecule has 0 aromatic heterocycles. The smallest absolute Gasteiger partial charge is 0.153 e. The van der Waals surface area contributed by atoms with Gasteiger partial charge in [0.1, 0.15) is 16.7 Å². The van der Waals surface area contributed by atoms with E-state index in [4.69, 9.17) is 11.0 Å². The molecule has 1 rings (SSSR count). The average molecular weight is 214 g/mol. The third-order valence-corrected chi connectivity index (χ3v) is 3.54. The van der Waals surface area contributed by atoms with Gasteiger partial charge in [0.15, 0.2) is 5.84 Å². The minimum atomic E-state index is -0.376. The molecule has 0 saturated carbocycles. The van der Waals surface area contributed by atoms with Gasteiger partial charge in [-0.3, -0.25) is 0 Å². The molecule has 0 aromatic carbocycles. The van der Waals surface area contributed by atoms with E-state index in [1.165, 1.54) is 11.8 Å². The topological polar surface area (TPSA) is 74.5 Å². The molecule has 13 heavy (non-hydrogen) atoms. The van der Waals surface area contributed by atoms with Crippen molar-refractivity contribution < 1.29 is 0 Å². The number of hydrogen-bond acceptors (Lipinski definition) is 5. The van der Waals surface area contributed by atoms with E-state index in [1.807, 2.05) is 19.2 Å². The highest BCUT2D eigenvalue weighted by atomic mass is 32.2. The molecule has 0 saturated heterocycles. The zero-order chi connectivity index (χ0) is 9.84. The molecule has 1 aliphatic heterocycles. The largest absolute Gasteiger partial charge is 0.382 e. The number of nitrogens with two attached hydrogens (primary N) is 1. The first-order chi connectivity index (χ1) is 6.22. The van der Waals surface area contributed by atoms with Crippen molar-refractivity contribution in [2.24, 2.45) is 14.5 Å². The lowest BCUT2D eigenvalue weighted by Crippen LogP contribution is -2.19. The summed E-state index contributed by atoms with van der Waals surface area (Å²) in [5.74, 6) is 1.16. The molecule has 0 fully saturated rings. The molecule has 4 nitrogen and oxygen atoms in total. The van der Waals surface area contributed by atoms with Gasteiger partial charge in [-0.2, -0.15) is 14.0 Å². The van der Waals surface area contributed by atoms with Gasteiger partial charge in [0.2, 0.25) is 0 Å². The maximum Gasteiger partial charge on any atom is 0.153 e. The Morgan fingerprint density at radius 3 is 2.85 bits per heavy atom. The highest BCUT2D eigenvalue weighted by molar-refractivity contribution is 8.03. The number of thioether (sulfide) groups is 1. The molecule has 1 atom stereocenters. The Hall–Kier alpha value is -0.800. The van der Waals surface area contributed by atoms with Gasteiger partial charge in [-0.25, -0.2) is 0 Å². The summed E-state index contributed by atoms with van der Waals surface area (Å²) in [6.45, 7) is 2.00. The van der Waals surface area contributed by atoms with E-state index in [-0.39, 0.29) is 10.9 Å². The molecule has 0 bridgehead atoms. The lowest BCUT2D eigenvalue weighted by atomic mass is 10.3. The number of nitrogens with zero attached hydrogens (tertiary/aromatic N) is 3. The van der Waals surface area contributed by atoms with Crippen molar-refractivity contribution >= 4 is 28.5 Å². The Labute approximate surface area is 84.1 Å². The molecule has 6 heteroatoms. The van der Waals surface area contributed by atoms with Gasteiger partial charge in [0.05, 0.1) is 0 Å². The summed E-state index contributed by atoms with van der Waals surface area (Å²) in [6, 6.07) is 2.01. The second-order valence-electron chi connectivity index (χ2n) is 2.19. The molecular formula is C7H10N4S2. The van der Waals surface area contributed by atoms with Crippen molar-refractivity contribution in [3.05, 3.63) is 10.6 Å². The first-order valence-electron chi connectivity index (χ1n) is 3.68. The molecule has 1 heterocycles. The van der Waals surface area contributed by atoms with Gasteiger partial charge in [0.25, 0.3) is 0 Å². The summed E-state index contributed by atoms with van der Waals surface area (Å²) < 4.78 is 8.41. The van der Waals surface area contributed by atoms with Crippen LogP contribution < -0.4 is 5.73 Å². The fraction of sp³-hybridized carbons (Fsp3) is 0.429. The summed E-state index contributed by atoms with van der Waals surface area (Å²) in [5.41, 5.74) is 6.03. The van der Waals surface area contributed by atoms with Gasteiger partial charge in [-0.05, 0) is 6.26 Å². The van der Waals surface area contributed by atoms with Crippen LogP contribution in [0.3, 0.4) is 0 Å². The van der Waals surface area contributed by atoms with Crippen LogP contribution in [0.5, 0.6) is 0 Å². The van der Waals surface area contributed by atoms with Crippen LogP contribution in [0, 0.1) is 11.3 Å². The minimum Gasteiger partial charge on any atom is -0.382 e. The van der Waals surface area contributed by atoms with Crippen LogP contribution in [0.1, 0.15) is 6.92 Å². The van der Waals surface area contributed by atoms with E-state index in [0.29, 0.717) is 16.4 Å². The summed E-state index contributed by atoms with van der Waals surface area (Å²) in [7, 11) is -0.376. The predicted molar refractivity (Wildman–Crippen MR) is 58.1 cm³/mol. The van der Waals surface area contributed by atoms with Crippen molar-refractivity contribution in [2.45, 2.75) is 6.92 Å². The van der Waals surface area contributed by atoms with Crippen molar-refractivity contribution in [3.8, 4) is 6.07 Å². The molecule has 0 amide bonds. The molecule has 2 N–H and O–H groups in total. The molecule has 0 spiro atoms. The van der Waals surface area contributed by atoms with Crippen LogP contribution in [0.25, 0.3) is 0 Å². The third-order valence-electron chi connectivity index (χ3n) is 1.43. The predicted octanol–water partition coefficient (Wildman–Crippen LogP) is 1.19. The van der Waals surface area contributed by atoms with Crippen LogP contribution in [0.2, 0.25) is 0 Å². The summed E-state index contributed by atoms with van der Waals surface area (Å²) in [5, 5.41) is 9.49. The van der Waals surface area contributed by atoms with Gasteiger partial charge >= 0.3 is 0 Å². The molecule has 0 aliphatic carbocycles. The third kappa shape index (κ3) is 2.11. The second kappa shape index (κ2) is 4.44. The summed E-state index contributed by atoms with van der Waals surface area (Å²) >= 11 is 1.44. The molecule has 70 valence electrons. The highest BCUT2D eigenvalue weighted by Gasteiger charge is 2.14. The van der Waals surface area contributed by atoms with Crippen molar-refractivity contribution in [2.75, 3.05) is 12.0 Å². The zero-order valence-electron chi connectivity index (χ0n) is 7.44. The normalized spacial score (nSPS) is 21.9. The SMILES string of the molecule is CCS1=NC(SC)=C(C#N)C(N)=N1. The van der Waals surface area contributed by atoms with Gasteiger partial charge in [-0.1, -0.05) is 6.92 Å². The highest BCUT2D eigenvalue weighted by Crippen LogP contribution is 2.23. The summed E-state index contributed by atoms with van der Waals surface area (Å²) in [4.78, 5) is 0. The second-order valence-corrected chi connectivity index (χ2v) is 4.61. The molecule has 1 unspecified atom stereocenters. The Balaban J connectivity index is 3.18. The molecule has 0 aromatic rings. The maximum atomic E-state index is 8.78. The van der Waals surface area contributed by atoms with Gasteiger partial charge in [0, 0.05) is 16.6 Å². The Morgan fingerprint density at radius 1 is 1.69 bits per heavy atom. The maximum absolute atomic E-state index is 8.78. The number of nitriles is 1. The van der Waals surface area contributed by atoms with Crippen LogP contribution in [-0.2, 0) is 10.9 Å². The monoisotopic (exact) mass is 214 g/mol. The molecule has 1 aliphatic rings. The van der Waals surface area contributed by atoms with Crippen molar-refractivity contribution in [1.82, 2.24) is 0 Å². The van der Waals surface area contributed by atoms with Crippen LogP contribution in [-0.4, -0.2) is 17.8 Å². The van der Waals surface area contributed by atoms with E-state index < -0.39 is 0 Å². The van der Waals surface area contributed by atoms with Crippen LogP contribution in [0.15, 0.2) is 19.4 Å². The summed E-state index contributed by atoms with van der Waals surface area (Å²) in [6.07, 6.45) is 1.88. The van der Waals surface area contributed by atoms with E-state index in [9.17, 15) is 0 Å². The Kier molecular flexibility index (Phi) is 3.51. The fourth-order valence-corrected chi connectivity index (χ4v) is 2.61. The fourth-order valence-electron chi connectivity index (χ4n) is 0.804. The quantitative estimate of drug-likeness (QED) is 0.750. The standard InChI is InChI=1S/C7H10N4S2/c1-3-13-10-6(9)5(4-8)7(11-13)12-2/h3H2,1-2H3,(H2,9,10,11). The lowest BCUT2D eigenvalue weighted by molar-refractivity contribution is 1.39. The Morgan fingerprint density at radius 2 is 2.38 bits per heavy atom. The first-order valence-corrected chi connectivity index (χ1v) is 6.22. The van der Waals surface area contributed by atoms with E-state index in [2.05, 4.69) is 8.76 Å². The van der Waals surface area contributed by atoms with Crippen molar-refractivity contribution in [1.29, 1.82) is 5.26 Å². The van der Waals surface area contributed by atoms with E-state index >= 15 is 0 Å². The Bertz CT molecular complexity index is 348.